The third-order valence-electron chi connectivity index (χ3n) is 4.04. The monoisotopic (exact) mass is 324 g/mol. The first-order chi connectivity index (χ1) is 11.5. The highest BCUT2D eigenvalue weighted by molar-refractivity contribution is 6.01. The third-order valence-corrected chi connectivity index (χ3v) is 4.04. The lowest BCUT2D eigenvalue weighted by molar-refractivity contribution is -0.115. The SMILES string of the molecule is C=C/C=C\C=C(/C)C(=O)CCC(=O)c1ccc(CCC)c(CC)c1. The van der Waals surface area contributed by atoms with Crippen molar-refractivity contribution in [3.63, 3.8) is 0 Å². The second kappa shape index (κ2) is 10.5. The van der Waals surface area contributed by atoms with Crippen LogP contribution in [-0.2, 0) is 17.6 Å². The molecule has 1 aromatic rings. The maximum atomic E-state index is 12.4. The van der Waals surface area contributed by atoms with E-state index < -0.39 is 0 Å². The van der Waals surface area contributed by atoms with Crippen LogP contribution in [0.15, 0.2) is 54.7 Å². The minimum absolute atomic E-state index is 0.00961. The first kappa shape index (κ1) is 19.8. The molecule has 0 aliphatic heterocycles. The van der Waals surface area contributed by atoms with E-state index in [1.807, 2.05) is 12.1 Å². The molecule has 0 heterocycles. The minimum atomic E-state index is 0.00961. The topological polar surface area (TPSA) is 34.1 Å². The average Bonchev–Trinajstić information content (AvgIpc) is 2.59. The molecule has 0 aliphatic carbocycles. The fraction of sp³-hybridized carbons (Fsp3) is 0.364. The Balaban J connectivity index is 2.71. The van der Waals surface area contributed by atoms with Crippen LogP contribution in [0, 0.1) is 0 Å². The molecule has 0 aliphatic rings. The van der Waals surface area contributed by atoms with Gasteiger partial charge in [0.05, 0.1) is 0 Å². The van der Waals surface area contributed by atoms with Gasteiger partial charge < -0.3 is 0 Å². The van der Waals surface area contributed by atoms with Gasteiger partial charge in [0.2, 0.25) is 0 Å². The zero-order valence-electron chi connectivity index (χ0n) is 15.1. The van der Waals surface area contributed by atoms with E-state index in [1.165, 1.54) is 11.1 Å². The van der Waals surface area contributed by atoms with Gasteiger partial charge in [-0.1, -0.05) is 63.3 Å². The van der Waals surface area contributed by atoms with Crippen molar-refractivity contribution in [2.45, 2.75) is 52.9 Å². The van der Waals surface area contributed by atoms with Gasteiger partial charge in [0.15, 0.2) is 11.6 Å². The first-order valence-electron chi connectivity index (χ1n) is 8.67. The summed E-state index contributed by atoms with van der Waals surface area (Å²) in [6.45, 7) is 9.62. The highest BCUT2D eigenvalue weighted by Gasteiger charge is 2.12. The van der Waals surface area contributed by atoms with Crippen molar-refractivity contribution in [2.24, 2.45) is 0 Å². The van der Waals surface area contributed by atoms with Gasteiger partial charge in [-0.25, -0.2) is 0 Å². The third kappa shape index (κ3) is 6.11. The van der Waals surface area contributed by atoms with Gasteiger partial charge in [0.25, 0.3) is 0 Å². The van der Waals surface area contributed by atoms with Crippen molar-refractivity contribution in [1.82, 2.24) is 0 Å². The Morgan fingerprint density at radius 2 is 1.83 bits per heavy atom. The standard InChI is InChI=1S/C22H28O2/c1-5-8-9-11-17(4)21(23)14-15-22(24)20-13-12-19(10-6-2)18(7-3)16-20/h5,8-9,11-13,16H,1,6-7,10,14-15H2,2-4H3/b9-8-,17-11+. The van der Waals surface area contributed by atoms with Crippen molar-refractivity contribution in [2.75, 3.05) is 0 Å². The normalized spacial score (nSPS) is 11.7. The summed E-state index contributed by atoms with van der Waals surface area (Å²) >= 11 is 0. The molecular formula is C22H28O2. The Kier molecular flexibility index (Phi) is 8.70. The number of carbonyl (C=O) groups excluding carboxylic acids is 2. The number of carbonyl (C=O) groups is 2. The van der Waals surface area contributed by atoms with E-state index in [0.717, 1.165) is 19.3 Å². The molecule has 24 heavy (non-hydrogen) atoms. The average molecular weight is 324 g/mol. The lowest BCUT2D eigenvalue weighted by Crippen LogP contribution is -2.07. The predicted octanol–water partition coefficient (Wildman–Crippen LogP) is 5.42. The number of hydrogen-bond acceptors (Lipinski definition) is 2. The lowest BCUT2D eigenvalue weighted by atomic mass is 9.95. The molecule has 2 heteroatoms. The van der Waals surface area contributed by atoms with Gasteiger partial charge in [0, 0.05) is 18.4 Å². The fourth-order valence-corrected chi connectivity index (χ4v) is 2.58. The smallest absolute Gasteiger partial charge is 0.163 e. The molecule has 0 amide bonds. The van der Waals surface area contributed by atoms with E-state index in [-0.39, 0.29) is 24.4 Å². The largest absolute Gasteiger partial charge is 0.295 e. The lowest BCUT2D eigenvalue weighted by Gasteiger charge is -2.09. The number of allylic oxidation sites excluding steroid dienone is 5. The van der Waals surface area contributed by atoms with E-state index >= 15 is 0 Å². The molecule has 0 bridgehead atoms. The highest BCUT2D eigenvalue weighted by atomic mass is 16.1. The van der Waals surface area contributed by atoms with Gasteiger partial charge >= 0.3 is 0 Å². The summed E-state index contributed by atoms with van der Waals surface area (Å²) in [5.41, 5.74) is 3.93. The van der Waals surface area contributed by atoms with Crippen molar-refractivity contribution in [1.29, 1.82) is 0 Å². The fourth-order valence-electron chi connectivity index (χ4n) is 2.58. The maximum Gasteiger partial charge on any atom is 0.163 e. The summed E-state index contributed by atoms with van der Waals surface area (Å²) in [7, 11) is 0. The summed E-state index contributed by atoms with van der Waals surface area (Å²) in [4.78, 5) is 24.4. The molecule has 0 unspecified atom stereocenters. The van der Waals surface area contributed by atoms with Crippen LogP contribution in [0.25, 0.3) is 0 Å². The minimum Gasteiger partial charge on any atom is -0.295 e. The summed E-state index contributed by atoms with van der Waals surface area (Å²) in [6, 6.07) is 5.95. The molecule has 1 rings (SSSR count). The van der Waals surface area contributed by atoms with E-state index in [9.17, 15) is 9.59 Å². The zero-order chi connectivity index (χ0) is 17.9. The Hall–Kier alpha value is -2.22. The first-order valence-corrected chi connectivity index (χ1v) is 8.67. The van der Waals surface area contributed by atoms with Crippen molar-refractivity contribution in [3.8, 4) is 0 Å². The molecule has 2 nitrogen and oxygen atoms in total. The van der Waals surface area contributed by atoms with Gasteiger partial charge in [-0.05, 0) is 42.5 Å². The summed E-state index contributed by atoms with van der Waals surface area (Å²) in [5, 5.41) is 0. The number of Topliss-reactive ketones (excluding diaryl/α,β-unsaturated/α-hetero) is 2. The van der Waals surface area contributed by atoms with Crippen LogP contribution in [0.5, 0.6) is 0 Å². The van der Waals surface area contributed by atoms with Crippen molar-refractivity contribution >= 4 is 11.6 Å². The quantitative estimate of drug-likeness (QED) is 0.327. The van der Waals surface area contributed by atoms with E-state index in [1.54, 1.807) is 31.2 Å². The second-order valence-electron chi connectivity index (χ2n) is 5.90. The van der Waals surface area contributed by atoms with Crippen LogP contribution in [0.2, 0.25) is 0 Å². The molecule has 0 fully saturated rings. The molecule has 0 radical (unpaired) electrons. The molecule has 0 aromatic heterocycles. The molecule has 0 spiro atoms. The number of ketones is 2. The van der Waals surface area contributed by atoms with Gasteiger partial charge in [0.1, 0.15) is 0 Å². The highest BCUT2D eigenvalue weighted by Crippen LogP contribution is 2.17. The van der Waals surface area contributed by atoms with Crippen LogP contribution in [0.4, 0.5) is 0 Å². The van der Waals surface area contributed by atoms with Crippen LogP contribution in [0.1, 0.15) is 61.5 Å². The summed E-state index contributed by atoms with van der Waals surface area (Å²) in [5.74, 6) is 0.0471. The molecular weight excluding hydrogens is 296 g/mol. The molecule has 0 saturated carbocycles. The molecule has 0 saturated heterocycles. The number of hydrogen-bond donors (Lipinski definition) is 0. The summed E-state index contributed by atoms with van der Waals surface area (Å²) in [6.07, 6.45) is 10.5. The van der Waals surface area contributed by atoms with Crippen molar-refractivity contribution < 1.29 is 9.59 Å². The number of aryl methyl sites for hydroxylation is 2. The molecule has 128 valence electrons. The second-order valence-corrected chi connectivity index (χ2v) is 5.90. The Bertz CT molecular complexity index is 648. The maximum absolute atomic E-state index is 12.4. The van der Waals surface area contributed by atoms with Crippen LogP contribution in [-0.4, -0.2) is 11.6 Å². The van der Waals surface area contributed by atoms with Gasteiger partial charge in [-0.15, -0.1) is 0 Å². The van der Waals surface area contributed by atoms with E-state index in [4.69, 9.17) is 0 Å². The van der Waals surface area contributed by atoms with Crippen LogP contribution < -0.4 is 0 Å². The van der Waals surface area contributed by atoms with Crippen LogP contribution in [0.3, 0.4) is 0 Å². The molecule has 0 N–H and O–H groups in total. The Morgan fingerprint density at radius 3 is 2.46 bits per heavy atom. The Morgan fingerprint density at radius 1 is 1.08 bits per heavy atom. The van der Waals surface area contributed by atoms with Crippen molar-refractivity contribution in [3.05, 3.63) is 71.3 Å². The van der Waals surface area contributed by atoms with E-state index in [0.29, 0.717) is 11.1 Å². The molecule has 1 aromatic carbocycles. The zero-order valence-corrected chi connectivity index (χ0v) is 15.1. The number of benzene rings is 1. The predicted molar refractivity (Wildman–Crippen MR) is 101 cm³/mol. The van der Waals surface area contributed by atoms with E-state index in [2.05, 4.69) is 26.5 Å². The number of rotatable bonds is 10. The van der Waals surface area contributed by atoms with Gasteiger partial charge in [-0.3, -0.25) is 9.59 Å². The molecule has 0 atom stereocenters. The Labute approximate surface area is 146 Å². The summed E-state index contributed by atoms with van der Waals surface area (Å²) < 4.78 is 0. The van der Waals surface area contributed by atoms with Crippen LogP contribution >= 0.6 is 0 Å². The van der Waals surface area contributed by atoms with Gasteiger partial charge in [-0.2, -0.15) is 0 Å².